The summed E-state index contributed by atoms with van der Waals surface area (Å²) >= 11 is 0. The fourth-order valence-corrected chi connectivity index (χ4v) is 1.96. The van der Waals surface area contributed by atoms with Crippen molar-refractivity contribution in [2.45, 2.75) is 6.92 Å². The quantitative estimate of drug-likeness (QED) is 0.289. The molecule has 1 aliphatic rings. The van der Waals surface area contributed by atoms with Crippen LogP contribution in [-0.2, 0) is 4.74 Å². The molecule has 0 aromatic heterocycles. The van der Waals surface area contributed by atoms with Crippen molar-refractivity contribution < 1.29 is 9.94 Å². The topological polar surface area (TPSA) is 71.1 Å². The molecule has 0 amide bonds. The van der Waals surface area contributed by atoms with Crippen LogP contribution in [0.4, 0.5) is 0 Å². The smallest absolute Gasteiger partial charge is 0.153 e. The van der Waals surface area contributed by atoms with E-state index in [1.807, 2.05) is 0 Å². The van der Waals surface area contributed by atoms with E-state index in [9.17, 15) is 0 Å². The molecule has 5 nitrogen and oxygen atoms in total. The summed E-state index contributed by atoms with van der Waals surface area (Å²) in [6, 6.07) is 0. The van der Waals surface area contributed by atoms with Gasteiger partial charge in [-0.3, -0.25) is 4.90 Å². The van der Waals surface area contributed by atoms with E-state index in [-0.39, 0.29) is 5.84 Å². The van der Waals surface area contributed by atoms with Crippen LogP contribution in [0.3, 0.4) is 0 Å². The van der Waals surface area contributed by atoms with Crippen LogP contribution < -0.4 is 5.73 Å². The van der Waals surface area contributed by atoms with E-state index in [2.05, 4.69) is 17.0 Å². The van der Waals surface area contributed by atoms with Crippen LogP contribution in [0.25, 0.3) is 0 Å². The van der Waals surface area contributed by atoms with Gasteiger partial charge in [0.15, 0.2) is 5.84 Å². The first-order valence-electron chi connectivity index (χ1n) is 4.85. The molecule has 1 rings (SSSR count). The Bertz CT molecular complexity index is 208. The fraction of sp³-hybridized carbons (Fsp3) is 0.889. The summed E-state index contributed by atoms with van der Waals surface area (Å²) in [6.07, 6.45) is 0. The van der Waals surface area contributed by atoms with E-state index in [1.165, 1.54) is 0 Å². The largest absolute Gasteiger partial charge is 0.409 e. The van der Waals surface area contributed by atoms with E-state index in [0.717, 1.165) is 19.7 Å². The highest BCUT2D eigenvalue weighted by atomic mass is 16.5. The number of nitrogens with two attached hydrogens (primary N) is 1. The molecule has 0 unspecified atom stereocenters. The monoisotopic (exact) mass is 201 g/mol. The molecule has 82 valence electrons. The van der Waals surface area contributed by atoms with Crippen LogP contribution in [0.5, 0.6) is 0 Å². The van der Waals surface area contributed by atoms with Gasteiger partial charge in [-0.25, -0.2) is 0 Å². The molecule has 0 bridgehead atoms. The standard InChI is InChI=1S/C9H19N3O2/c1-7-3-12(5-9(10)11-13)4-8(7)6-14-2/h7-8,13H,3-6H2,1-2H3,(H2,10,11)/t7-,8+/m0/s1. The molecule has 0 aromatic rings. The van der Waals surface area contributed by atoms with Gasteiger partial charge in [0.05, 0.1) is 13.2 Å². The average Bonchev–Trinajstić information content (AvgIpc) is 2.47. The molecule has 5 heteroatoms. The van der Waals surface area contributed by atoms with Gasteiger partial charge in [0, 0.05) is 20.2 Å². The second-order valence-corrected chi connectivity index (χ2v) is 3.98. The Morgan fingerprint density at radius 3 is 2.93 bits per heavy atom. The third-order valence-electron chi connectivity index (χ3n) is 2.74. The van der Waals surface area contributed by atoms with E-state index in [1.54, 1.807) is 7.11 Å². The van der Waals surface area contributed by atoms with E-state index >= 15 is 0 Å². The molecule has 0 radical (unpaired) electrons. The number of ether oxygens (including phenoxy) is 1. The van der Waals surface area contributed by atoms with Crippen molar-refractivity contribution in [1.82, 2.24) is 4.90 Å². The lowest BCUT2D eigenvalue weighted by molar-refractivity contribution is 0.141. The van der Waals surface area contributed by atoms with Crippen LogP contribution >= 0.6 is 0 Å². The first-order valence-corrected chi connectivity index (χ1v) is 4.85. The molecule has 0 aliphatic carbocycles. The SMILES string of the molecule is COC[C@H]1CN(CC(N)=NO)C[C@@H]1C. The van der Waals surface area contributed by atoms with Crippen LogP contribution in [-0.4, -0.2) is 49.3 Å². The minimum absolute atomic E-state index is 0.273. The lowest BCUT2D eigenvalue weighted by Gasteiger charge is -2.14. The lowest BCUT2D eigenvalue weighted by Crippen LogP contribution is -2.32. The molecule has 3 N–H and O–H groups in total. The molecule has 1 saturated heterocycles. The predicted molar refractivity (Wildman–Crippen MR) is 54.4 cm³/mol. The van der Waals surface area contributed by atoms with E-state index in [4.69, 9.17) is 15.7 Å². The van der Waals surface area contributed by atoms with Crippen LogP contribution in [0, 0.1) is 11.8 Å². The second kappa shape index (κ2) is 5.17. The van der Waals surface area contributed by atoms with Gasteiger partial charge in [0.25, 0.3) is 0 Å². The Morgan fingerprint density at radius 1 is 1.64 bits per heavy atom. The van der Waals surface area contributed by atoms with Gasteiger partial charge < -0.3 is 15.7 Å². The van der Waals surface area contributed by atoms with Crippen molar-refractivity contribution >= 4 is 5.84 Å². The molecule has 1 aliphatic heterocycles. The second-order valence-electron chi connectivity index (χ2n) is 3.98. The van der Waals surface area contributed by atoms with Crippen molar-refractivity contribution in [1.29, 1.82) is 0 Å². The first kappa shape index (κ1) is 11.3. The number of hydrogen-bond donors (Lipinski definition) is 2. The van der Waals surface area contributed by atoms with Crippen molar-refractivity contribution in [2.75, 3.05) is 33.4 Å². The van der Waals surface area contributed by atoms with Gasteiger partial charge in [0.1, 0.15) is 0 Å². The Kier molecular flexibility index (Phi) is 4.16. The normalized spacial score (nSPS) is 29.7. The number of rotatable bonds is 4. The number of methoxy groups -OCH3 is 1. The maximum atomic E-state index is 8.44. The molecule has 1 fully saturated rings. The van der Waals surface area contributed by atoms with Gasteiger partial charge in [-0.1, -0.05) is 12.1 Å². The van der Waals surface area contributed by atoms with Crippen LogP contribution in [0.2, 0.25) is 0 Å². The molecular weight excluding hydrogens is 182 g/mol. The van der Waals surface area contributed by atoms with Gasteiger partial charge in [-0.05, 0) is 11.8 Å². The molecule has 0 saturated carbocycles. The van der Waals surface area contributed by atoms with Crippen LogP contribution in [0.15, 0.2) is 5.16 Å². The van der Waals surface area contributed by atoms with E-state index in [0.29, 0.717) is 18.4 Å². The predicted octanol–water partition coefficient (Wildman–Crippen LogP) is -0.0529. The van der Waals surface area contributed by atoms with E-state index < -0.39 is 0 Å². The summed E-state index contributed by atoms with van der Waals surface area (Å²) in [4.78, 5) is 2.18. The lowest BCUT2D eigenvalue weighted by atomic mass is 10.00. The highest BCUT2D eigenvalue weighted by Crippen LogP contribution is 2.22. The Hall–Kier alpha value is -0.810. The zero-order valence-corrected chi connectivity index (χ0v) is 8.81. The molecule has 0 aromatic carbocycles. The average molecular weight is 201 g/mol. The zero-order valence-electron chi connectivity index (χ0n) is 8.81. The molecule has 2 atom stereocenters. The third kappa shape index (κ3) is 2.85. The Labute approximate surface area is 84.5 Å². The maximum absolute atomic E-state index is 8.44. The minimum Gasteiger partial charge on any atom is -0.409 e. The first-order chi connectivity index (χ1) is 6.67. The van der Waals surface area contributed by atoms with Gasteiger partial charge in [-0.15, -0.1) is 0 Å². The summed E-state index contributed by atoms with van der Waals surface area (Å²) in [7, 11) is 1.72. The number of likely N-dealkylation sites (tertiary alicyclic amines) is 1. The Morgan fingerprint density at radius 2 is 2.36 bits per heavy atom. The minimum atomic E-state index is 0.273. The molecule has 1 heterocycles. The molecule has 14 heavy (non-hydrogen) atoms. The number of amidine groups is 1. The molecular formula is C9H19N3O2. The molecule has 0 spiro atoms. The van der Waals surface area contributed by atoms with Crippen molar-refractivity contribution in [2.24, 2.45) is 22.7 Å². The zero-order chi connectivity index (χ0) is 10.6. The number of nitrogens with zero attached hydrogens (tertiary/aromatic N) is 2. The summed E-state index contributed by atoms with van der Waals surface area (Å²) < 4.78 is 5.14. The summed E-state index contributed by atoms with van der Waals surface area (Å²) in [6.45, 7) is 5.49. The summed E-state index contributed by atoms with van der Waals surface area (Å²) in [5.41, 5.74) is 5.44. The summed E-state index contributed by atoms with van der Waals surface area (Å²) in [5, 5.41) is 11.4. The highest BCUT2D eigenvalue weighted by Gasteiger charge is 2.29. The van der Waals surface area contributed by atoms with Crippen LogP contribution in [0.1, 0.15) is 6.92 Å². The number of hydrogen-bond acceptors (Lipinski definition) is 4. The maximum Gasteiger partial charge on any atom is 0.153 e. The Balaban J connectivity index is 2.38. The third-order valence-corrected chi connectivity index (χ3v) is 2.74. The highest BCUT2D eigenvalue weighted by molar-refractivity contribution is 5.81. The van der Waals surface area contributed by atoms with Crippen molar-refractivity contribution in [3.8, 4) is 0 Å². The van der Waals surface area contributed by atoms with Crippen molar-refractivity contribution in [3.63, 3.8) is 0 Å². The van der Waals surface area contributed by atoms with Crippen molar-refractivity contribution in [3.05, 3.63) is 0 Å². The van der Waals surface area contributed by atoms with Gasteiger partial charge >= 0.3 is 0 Å². The number of oxime groups is 1. The van der Waals surface area contributed by atoms with Gasteiger partial charge in [0.2, 0.25) is 0 Å². The van der Waals surface area contributed by atoms with Gasteiger partial charge in [-0.2, -0.15) is 0 Å². The fourth-order valence-electron chi connectivity index (χ4n) is 1.96. The summed E-state index contributed by atoms with van der Waals surface area (Å²) in [5.74, 6) is 1.45.